The van der Waals surface area contributed by atoms with Crippen molar-refractivity contribution in [1.29, 1.82) is 0 Å². The first kappa shape index (κ1) is 11.8. The molecule has 3 aliphatic heterocycles. The van der Waals surface area contributed by atoms with E-state index in [9.17, 15) is 14.7 Å². The van der Waals surface area contributed by atoms with Crippen LogP contribution in [0, 0.1) is 0 Å². The fourth-order valence-electron chi connectivity index (χ4n) is 3.37. The molecule has 0 spiro atoms. The van der Waals surface area contributed by atoms with E-state index in [2.05, 4.69) is 0 Å². The Balaban J connectivity index is 1.64. The van der Waals surface area contributed by atoms with E-state index in [1.54, 1.807) is 0 Å². The molecule has 3 saturated heterocycles. The first-order valence-corrected chi connectivity index (χ1v) is 6.56. The fraction of sp³-hybridized carbons (Fsp3) is 0.833. The highest BCUT2D eigenvalue weighted by molar-refractivity contribution is 5.83. The summed E-state index contributed by atoms with van der Waals surface area (Å²) < 4.78 is 4.82. The van der Waals surface area contributed by atoms with Crippen molar-refractivity contribution < 1.29 is 19.4 Å². The molecule has 0 aromatic carbocycles. The van der Waals surface area contributed by atoms with Crippen molar-refractivity contribution in [3.8, 4) is 0 Å². The largest absolute Gasteiger partial charge is 0.448 e. The summed E-state index contributed by atoms with van der Waals surface area (Å²) in [4.78, 5) is 26.9. The molecule has 3 aliphatic rings. The third-order valence-electron chi connectivity index (χ3n) is 4.17. The van der Waals surface area contributed by atoms with Crippen LogP contribution in [0.4, 0.5) is 4.79 Å². The number of aliphatic hydroxyl groups excluding tert-OH is 1. The monoisotopic (exact) mass is 254 g/mol. The van der Waals surface area contributed by atoms with Crippen molar-refractivity contribution in [3.63, 3.8) is 0 Å². The van der Waals surface area contributed by atoms with Crippen molar-refractivity contribution in [2.45, 2.75) is 43.9 Å². The van der Waals surface area contributed by atoms with E-state index in [1.165, 1.54) is 4.90 Å². The van der Waals surface area contributed by atoms with Crippen molar-refractivity contribution in [1.82, 2.24) is 9.80 Å². The molecule has 100 valence electrons. The van der Waals surface area contributed by atoms with E-state index in [4.69, 9.17) is 4.74 Å². The second-order valence-corrected chi connectivity index (χ2v) is 5.35. The van der Waals surface area contributed by atoms with Gasteiger partial charge in [-0.05, 0) is 25.7 Å². The average molecular weight is 254 g/mol. The second kappa shape index (κ2) is 4.42. The third kappa shape index (κ3) is 1.94. The van der Waals surface area contributed by atoms with E-state index in [-0.39, 0.29) is 30.6 Å². The number of ether oxygens (including phenoxy) is 1. The number of hydrogen-bond donors (Lipinski definition) is 1. The van der Waals surface area contributed by atoms with Crippen LogP contribution in [0.1, 0.15) is 25.7 Å². The van der Waals surface area contributed by atoms with Crippen LogP contribution >= 0.6 is 0 Å². The Kier molecular flexibility index (Phi) is 2.89. The molecule has 0 aromatic rings. The quantitative estimate of drug-likeness (QED) is 0.750. The number of aliphatic hydroxyl groups is 1. The molecule has 2 amide bonds. The first-order chi connectivity index (χ1) is 8.65. The molecule has 1 N–H and O–H groups in total. The SMILES string of the molecule is O=C1OCCN1CC(=O)N1[C@@H]2CC[C@H]1CC(O)C2. The Morgan fingerprint density at radius 2 is 2.00 bits per heavy atom. The predicted molar refractivity (Wildman–Crippen MR) is 61.8 cm³/mol. The topological polar surface area (TPSA) is 70.1 Å². The van der Waals surface area contributed by atoms with Crippen molar-refractivity contribution in [2.24, 2.45) is 0 Å². The van der Waals surface area contributed by atoms with Crippen LogP contribution in [0.2, 0.25) is 0 Å². The lowest BCUT2D eigenvalue weighted by atomic mass is 10.00. The standard InChI is InChI=1S/C12H18N2O4/c15-10-5-8-1-2-9(6-10)14(8)11(16)7-13-3-4-18-12(13)17/h8-10,15H,1-7H2/t8-,9+,10?. The zero-order valence-corrected chi connectivity index (χ0v) is 10.2. The molecular formula is C12H18N2O4. The van der Waals surface area contributed by atoms with Crippen LogP contribution in [-0.2, 0) is 9.53 Å². The number of piperidine rings is 1. The van der Waals surface area contributed by atoms with Gasteiger partial charge < -0.3 is 14.7 Å². The van der Waals surface area contributed by atoms with Gasteiger partial charge >= 0.3 is 6.09 Å². The number of hydrogen-bond acceptors (Lipinski definition) is 4. The minimum atomic E-state index is -0.396. The van der Waals surface area contributed by atoms with Crippen LogP contribution in [0.5, 0.6) is 0 Å². The lowest BCUT2D eigenvalue weighted by Gasteiger charge is -2.37. The number of fused-ring (bicyclic) bond motifs is 2. The van der Waals surface area contributed by atoms with Gasteiger partial charge in [-0.2, -0.15) is 0 Å². The molecular weight excluding hydrogens is 236 g/mol. The zero-order valence-electron chi connectivity index (χ0n) is 10.2. The summed E-state index contributed by atoms with van der Waals surface area (Å²) in [5.41, 5.74) is 0. The van der Waals surface area contributed by atoms with Gasteiger partial charge in [0.15, 0.2) is 0 Å². The Bertz CT molecular complexity index is 359. The van der Waals surface area contributed by atoms with Gasteiger partial charge in [-0.25, -0.2) is 4.79 Å². The minimum Gasteiger partial charge on any atom is -0.448 e. The smallest absolute Gasteiger partial charge is 0.410 e. The minimum absolute atomic E-state index is 0.00625. The number of carbonyl (C=O) groups excluding carboxylic acids is 2. The van der Waals surface area contributed by atoms with E-state index < -0.39 is 6.09 Å². The van der Waals surface area contributed by atoms with Crippen LogP contribution < -0.4 is 0 Å². The van der Waals surface area contributed by atoms with E-state index >= 15 is 0 Å². The van der Waals surface area contributed by atoms with Gasteiger partial charge in [-0.15, -0.1) is 0 Å². The summed E-state index contributed by atoms with van der Waals surface area (Å²) in [6.45, 7) is 0.982. The maximum Gasteiger partial charge on any atom is 0.410 e. The molecule has 3 heterocycles. The summed E-state index contributed by atoms with van der Waals surface area (Å²) in [6, 6.07) is 0.315. The summed E-state index contributed by atoms with van der Waals surface area (Å²) in [6.07, 6.45) is 2.62. The molecule has 18 heavy (non-hydrogen) atoms. The molecule has 6 heteroatoms. The van der Waals surface area contributed by atoms with Crippen molar-refractivity contribution in [3.05, 3.63) is 0 Å². The number of amides is 2. The summed E-state index contributed by atoms with van der Waals surface area (Å²) in [5, 5.41) is 9.69. The molecule has 3 atom stereocenters. The average Bonchev–Trinajstić information content (AvgIpc) is 2.82. The fourth-order valence-corrected chi connectivity index (χ4v) is 3.37. The summed E-state index contributed by atoms with van der Waals surface area (Å²) in [7, 11) is 0. The van der Waals surface area contributed by atoms with Crippen LogP contribution in [0.25, 0.3) is 0 Å². The molecule has 3 rings (SSSR count). The number of rotatable bonds is 2. The van der Waals surface area contributed by atoms with Gasteiger partial charge in [0.1, 0.15) is 13.2 Å². The Morgan fingerprint density at radius 3 is 2.56 bits per heavy atom. The van der Waals surface area contributed by atoms with Crippen LogP contribution in [0.3, 0.4) is 0 Å². The lowest BCUT2D eigenvalue weighted by Crippen LogP contribution is -2.51. The van der Waals surface area contributed by atoms with Crippen LogP contribution in [0.15, 0.2) is 0 Å². The highest BCUT2D eigenvalue weighted by Crippen LogP contribution is 2.35. The Labute approximate surface area is 105 Å². The van der Waals surface area contributed by atoms with Gasteiger partial charge in [-0.1, -0.05) is 0 Å². The highest BCUT2D eigenvalue weighted by Gasteiger charge is 2.43. The second-order valence-electron chi connectivity index (χ2n) is 5.35. The van der Waals surface area contributed by atoms with E-state index in [0.717, 1.165) is 12.8 Å². The summed E-state index contributed by atoms with van der Waals surface area (Å²) >= 11 is 0. The molecule has 0 aromatic heterocycles. The Morgan fingerprint density at radius 1 is 1.33 bits per heavy atom. The van der Waals surface area contributed by atoms with Crippen molar-refractivity contribution in [2.75, 3.05) is 19.7 Å². The normalized spacial score (nSPS) is 34.9. The molecule has 0 saturated carbocycles. The van der Waals surface area contributed by atoms with Gasteiger partial charge in [0.05, 0.1) is 12.6 Å². The molecule has 2 bridgehead atoms. The maximum absolute atomic E-state index is 12.3. The van der Waals surface area contributed by atoms with Crippen LogP contribution in [-0.4, -0.2) is 64.8 Å². The first-order valence-electron chi connectivity index (χ1n) is 6.56. The maximum atomic E-state index is 12.3. The van der Waals surface area contributed by atoms with E-state index in [1.807, 2.05) is 4.90 Å². The molecule has 0 aliphatic carbocycles. The third-order valence-corrected chi connectivity index (χ3v) is 4.17. The van der Waals surface area contributed by atoms with Crippen molar-refractivity contribution >= 4 is 12.0 Å². The Hall–Kier alpha value is -1.30. The predicted octanol–water partition coefficient (Wildman–Crippen LogP) is -0.0471. The summed E-state index contributed by atoms with van der Waals surface area (Å²) in [5.74, 6) is -0.00625. The highest BCUT2D eigenvalue weighted by atomic mass is 16.6. The number of carbonyl (C=O) groups is 2. The van der Waals surface area contributed by atoms with Gasteiger partial charge in [0.25, 0.3) is 0 Å². The van der Waals surface area contributed by atoms with Gasteiger partial charge in [0, 0.05) is 12.1 Å². The molecule has 1 unspecified atom stereocenters. The van der Waals surface area contributed by atoms with Gasteiger partial charge in [0.2, 0.25) is 5.91 Å². The lowest BCUT2D eigenvalue weighted by molar-refractivity contribution is -0.137. The number of cyclic esters (lactones) is 1. The van der Waals surface area contributed by atoms with E-state index in [0.29, 0.717) is 26.0 Å². The number of nitrogens with zero attached hydrogens (tertiary/aromatic N) is 2. The molecule has 0 radical (unpaired) electrons. The van der Waals surface area contributed by atoms with Gasteiger partial charge in [-0.3, -0.25) is 9.69 Å². The zero-order chi connectivity index (χ0) is 12.7. The molecule has 3 fully saturated rings. The molecule has 6 nitrogen and oxygen atoms in total.